The zero-order valence-electron chi connectivity index (χ0n) is 10.3. The zero-order valence-corrected chi connectivity index (χ0v) is 11.1. The number of nitrogens with zero attached hydrogens (tertiary/aromatic N) is 1. The molecule has 1 aliphatic heterocycles. The Morgan fingerprint density at radius 1 is 1.61 bits per heavy atom. The molecule has 0 unspecified atom stereocenters. The molecule has 0 aromatic carbocycles. The van der Waals surface area contributed by atoms with Gasteiger partial charge in [-0.1, -0.05) is 0 Å². The lowest BCUT2D eigenvalue weighted by Gasteiger charge is -2.12. The third-order valence-corrected chi connectivity index (χ3v) is 2.95. The third-order valence-electron chi connectivity index (χ3n) is 2.72. The number of ether oxygens (including phenoxy) is 1. The van der Waals surface area contributed by atoms with Gasteiger partial charge in [-0.05, 0) is 44.1 Å². The van der Waals surface area contributed by atoms with Crippen molar-refractivity contribution in [3.63, 3.8) is 0 Å². The standard InChI is InChI=1S/C12H17N3O2S/c1-9(11-5-3-7-17-11)14-15-12(18)13-8-10-4-2-6-16-10/h3,5,7,10H,2,4,6,8H2,1H3,(H2,13,15,18)/b14-9-/t10-/m0/s1. The van der Waals surface area contributed by atoms with Crippen LogP contribution in [0.15, 0.2) is 27.9 Å². The van der Waals surface area contributed by atoms with Gasteiger partial charge in [-0.3, -0.25) is 5.43 Å². The van der Waals surface area contributed by atoms with Crippen molar-refractivity contribution in [2.75, 3.05) is 13.2 Å². The van der Waals surface area contributed by atoms with Crippen LogP contribution in [0.4, 0.5) is 0 Å². The molecule has 1 aromatic rings. The van der Waals surface area contributed by atoms with Gasteiger partial charge >= 0.3 is 0 Å². The minimum Gasteiger partial charge on any atom is -0.463 e. The van der Waals surface area contributed by atoms with Gasteiger partial charge in [0.05, 0.1) is 12.4 Å². The highest BCUT2D eigenvalue weighted by atomic mass is 32.1. The fourth-order valence-corrected chi connectivity index (χ4v) is 1.85. The lowest BCUT2D eigenvalue weighted by Crippen LogP contribution is -2.37. The zero-order chi connectivity index (χ0) is 12.8. The quantitative estimate of drug-likeness (QED) is 0.493. The van der Waals surface area contributed by atoms with Crippen LogP contribution in [0.2, 0.25) is 0 Å². The first-order chi connectivity index (χ1) is 8.75. The number of hydrogen-bond donors (Lipinski definition) is 2. The molecule has 1 fully saturated rings. The van der Waals surface area contributed by atoms with E-state index in [9.17, 15) is 0 Å². The van der Waals surface area contributed by atoms with Crippen molar-refractivity contribution in [3.05, 3.63) is 24.2 Å². The minimum atomic E-state index is 0.264. The van der Waals surface area contributed by atoms with Crippen molar-refractivity contribution in [2.45, 2.75) is 25.9 Å². The molecule has 0 bridgehead atoms. The second-order valence-corrected chi connectivity index (χ2v) is 4.54. The van der Waals surface area contributed by atoms with Crippen LogP contribution in [0.1, 0.15) is 25.5 Å². The summed E-state index contributed by atoms with van der Waals surface area (Å²) in [4.78, 5) is 0. The average Bonchev–Trinajstić information content (AvgIpc) is 3.05. The summed E-state index contributed by atoms with van der Waals surface area (Å²) in [7, 11) is 0. The molecule has 2 N–H and O–H groups in total. The van der Waals surface area contributed by atoms with Gasteiger partial charge in [-0.25, -0.2) is 0 Å². The summed E-state index contributed by atoms with van der Waals surface area (Å²) in [6.07, 6.45) is 4.09. The van der Waals surface area contributed by atoms with Gasteiger partial charge in [0.25, 0.3) is 0 Å². The molecule has 0 radical (unpaired) electrons. The average molecular weight is 267 g/mol. The molecule has 1 aromatic heterocycles. The molecule has 0 amide bonds. The van der Waals surface area contributed by atoms with Crippen LogP contribution in [-0.4, -0.2) is 30.1 Å². The van der Waals surface area contributed by atoms with Crippen molar-refractivity contribution in [1.29, 1.82) is 0 Å². The van der Waals surface area contributed by atoms with Crippen molar-refractivity contribution < 1.29 is 9.15 Å². The van der Waals surface area contributed by atoms with E-state index in [1.165, 1.54) is 0 Å². The molecule has 5 nitrogen and oxygen atoms in total. The molecule has 1 aliphatic rings. The Kier molecular flexibility index (Phi) is 4.72. The number of nitrogens with one attached hydrogen (secondary N) is 2. The van der Waals surface area contributed by atoms with E-state index < -0.39 is 0 Å². The van der Waals surface area contributed by atoms with E-state index >= 15 is 0 Å². The fraction of sp³-hybridized carbons (Fsp3) is 0.500. The summed E-state index contributed by atoms with van der Waals surface area (Å²) in [5.41, 5.74) is 3.54. The van der Waals surface area contributed by atoms with Gasteiger partial charge in [-0.15, -0.1) is 0 Å². The Labute approximate surface area is 112 Å². The normalized spacial score (nSPS) is 19.8. The molecule has 0 saturated carbocycles. The Hall–Kier alpha value is -1.40. The second-order valence-electron chi connectivity index (χ2n) is 4.13. The molecule has 0 aliphatic carbocycles. The number of hydrogen-bond acceptors (Lipinski definition) is 4. The van der Waals surface area contributed by atoms with Crippen LogP contribution in [0, 0.1) is 0 Å². The molecular formula is C12H17N3O2S. The first-order valence-corrected chi connectivity index (χ1v) is 6.40. The highest BCUT2D eigenvalue weighted by Crippen LogP contribution is 2.10. The molecule has 6 heteroatoms. The Bertz CT molecular complexity index is 411. The molecule has 98 valence electrons. The minimum absolute atomic E-state index is 0.264. The summed E-state index contributed by atoms with van der Waals surface area (Å²) >= 11 is 5.12. The lowest BCUT2D eigenvalue weighted by molar-refractivity contribution is 0.114. The van der Waals surface area contributed by atoms with E-state index in [-0.39, 0.29) is 6.10 Å². The highest BCUT2D eigenvalue weighted by molar-refractivity contribution is 7.80. The van der Waals surface area contributed by atoms with Crippen LogP contribution >= 0.6 is 12.2 Å². The van der Waals surface area contributed by atoms with Gasteiger partial charge in [0.1, 0.15) is 11.5 Å². The van der Waals surface area contributed by atoms with E-state index in [0.29, 0.717) is 5.11 Å². The monoisotopic (exact) mass is 267 g/mol. The molecule has 1 saturated heterocycles. The molecule has 2 rings (SSSR count). The van der Waals surface area contributed by atoms with E-state index in [1.54, 1.807) is 6.26 Å². The van der Waals surface area contributed by atoms with Gasteiger partial charge in [0.15, 0.2) is 5.11 Å². The van der Waals surface area contributed by atoms with E-state index in [1.807, 2.05) is 19.1 Å². The first kappa shape index (κ1) is 13.0. The maximum Gasteiger partial charge on any atom is 0.187 e. The van der Waals surface area contributed by atoms with Crippen LogP contribution in [0.5, 0.6) is 0 Å². The van der Waals surface area contributed by atoms with Crippen LogP contribution in [-0.2, 0) is 4.74 Å². The van der Waals surface area contributed by atoms with Gasteiger partial charge < -0.3 is 14.5 Å². The molecule has 1 atom stereocenters. The highest BCUT2D eigenvalue weighted by Gasteiger charge is 2.15. The number of thiocarbonyl (C=S) groups is 1. The number of rotatable bonds is 4. The summed E-state index contributed by atoms with van der Waals surface area (Å²) in [6.45, 7) is 3.43. The first-order valence-electron chi connectivity index (χ1n) is 5.99. The van der Waals surface area contributed by atoms with Crippen molar-refractivity contribution >= 4 is 23.0 Å². The predicted molar refractivity (Wildman–Crippen MR) is 73.6 cm³/mol. The van der Waals surface area contributed by atoms with E-state index in [4.69, 9.17) is 21.4 Å². The van der Waals surface area contributed by atoms with E-state index in [2.05, 4.69) is 15.8 Å². The molecule has 18 heavy (non-hydrogen) atoms. The van der Waals surface area contributed by atoms with Gasteiger partial charge in [0.2, 0.25) is 0 Å². The number of hydrazone groups is 1. The Morgan fingerprint density at radius 2 is 2.50 bits per heavy atom. The summed E-state index contributed by atoms with van der Waals surface area (Å²) in [5, 5.41) is 7.72. The molecule has 2 heterocycles. The Morgan fingerprint density at radius 3 is 3.17 bits per heavy atom. The van der Waals surface area contributed by atoms with Gasteiger partial charge in [0, 0.05) is 13.2 Å². The summed E-state index contributed by atoms with van der Waals surface area (Å²) in [5.74, 6) is 0.726. The SMILES string of the molecule is C/C(=N/NC(=S)NC[C@@H]1CCCO1)c1ccco1. The van der Waals surface area contributed by atoms with Crippen LogP contribution in [0.25, 0.3) is 0 Å². The lowest BCUT2D eigenvalue weighted by atomic mass is 10.2. The predicted octanol–water partition coefficient (Wildman–Crippen LogP) is 1.65. The largest absolute Gasteiger partial charge is 0.463 e. The van der Waals surface area contributed by atoms with E-state index in [0.717, 1.165) is 37.5 Å². The van der Waals surface area contributed by atoms with Crippen LogP contribution < -0.4 is 10.7 Å². The van der Waals surface area contributed by atoms with Crippen molar-refractivity contribution in [1.82, 2.24) is 10.7 Å². The summed E-state index contributed by atoms with van der Waals surface area (Å²) in [6, 6.07) is 3.67. The summed E-state index contributed by atoms with van der Waals surface area (Å²) < 4.78 is 10.7. The van der Waals surface area contributed by atoms with Crippen LogP contribution in [0.3, 0.4) is 0 Å². The fourth-order valence-electron chi connectivity index (χ4n) is 1.73. The number of furan rings is 1. The Balaban J connectivity index is 1.72. The third kappa shape index (κ3) is 3.82. The van der Waals surface area contributed by atoms with Gasteiger partial charge in [-0.2, -0.15) is 5.10 Å². The smallest absolute Gasteiger partial charge is 0.187 e. The maximum absolute atomic E-state index is 5.49. The van der Waals surface area contributed by atoms with Crippen molar-refractivity contribution in [3.8, 4) is 0 Å². The maximum atomic E-state index is 5.49. The topological polar surface area (TPSA) is 58.8 Å². The van der Waals surface area contributed by atoms with Crippen molar-refractivity contribution in [2.24, 2.45) is 5.10 Å². The molecular weight excluding hydrogens is 250 g/mol. The molecule has 0 spiro atoms. The second kappa shape index (κ2) is 6.51.